The molecular formula is C31H38N8O2. The molecule has 3 aromatic heterocycles. The lowest BCUT2D eigenvalue weighted by Gasteiger charge is -2.38. The molecule has 214 valence electrons. The van der Waals surface area contributed by atoms with Crippen molar-refractivity contribution < 1.29 is 9.47 Å². The Morgan fingerprint density at radius 3 is 2.66 bits per heavy atom. The van der Waals surface area contributed by atoms with Crippen LogP contribution in [0, 0.1) is 0 Å². The fraction of sp³-hybridized carbons (Fsp3) is 0.355. The highest BCUT2D eigenvalue weighted by molar-refractivity contribution is 6.09. The van der Waals surface area contributed by atoms with Gasteiger partial charge in [-0.2, -0.15) is 0 Å². The van der Waals surface area contributed by atoms with Crippen LogP contribution in [0.2, 0.25) is 0 Å². The van der Waals surface area contributed by atoms with Gasteiger partial charge in [-0.05, 0) is 37.0 Å². The molecule has 1 aliphatic heterocycles. The van der Waals surface area contributed by atoms with E-state index in [0.29, 0.717) is 13.2 Å². The number of benzene rings is 1. The molecule has 0 bridgehead atoms. The van der Waals surface area contributed by atoms with Crippen molar-refractivity contribution in [1.29, 1.82) is 0 Å². The molecule has 4 heterocycles. The Labute approximate surface area is 241 Å². The summed E-state index contributed by atoms with van der Waals surface area (Å²) in [5.74, 6) is 1.54. The van der Waals surface area contributed by atoms with Gasteiger partial charge >= 0.3 is 0 Å². The van der Waals surface area contributed by atoms with Crippen molar-refractivity contribution in [3.63, 3.8) is 0 Å². The van der Waals surface area contributed by atoms with Crippen LogP contribution in [0.4, 0.5) is 5.82 Å². The number of nitrogens with zero attached hydrogens (tertiary/aromatic N) is 6. The van der Waals surface area contributed by atoms with Gasteiger partial charge in [0.2, 0.25) is 0 Å². The third-order valence-electron chi connectivity index (χ3n) is 7.71. The highest BCUT2D eigenvalue weighted by atomic mass is 16.5. The van der Waals surface area contributed by atoms with E-state index in [9.17, 15) is 0 Å². The van der Waals surface area contributed by atoms with Crippen LogP contribution >= 0.6 is 0 Å². The van der Waals surface area contributed by atoms with Crippen molar-refractivity contribution in [3.05, 3.63) is 78.5 Å². The number of anilines is 1. The summed E-state index contributed by atoms with van der Waals surface area (Å²) >= 11 is 0. The summed E-state index contributed by atoms with van der Waals surface area (Å²) in [6.07, 6.45) is 10.8. The van der Waals surface area contributed by atoms with Gasteiger partial charge in [-0.3, -0.25) is 14.3 Å². The molecule has 1 aliphatic rings. The zero-order valence-electron chi connectivity index (χ0n) is 24.0. The fourth-order valence-electron chi connectivity index (χ4n) is 4.94. The van der Waals surface area contributed by atoms with Crippen molar-refractivity contribution in [2.45, 2.75) is 31.9 Å². The van der Waals surface area contributed by atoms with E-state index in [1.807, 2.05) is 47.1 Å². The van der Waals surface area contributed by atoms with Crippen molar-refractivity contribution in [2.24, 2.45) is 10.7 Å². The molecule has 0 amide bonds. The van der Waals surface area contributed by atoms with E-state index in [2.05, 4.69) is 49.2 Å². The number of hydrogen-bond acceptors (Lipinski definition) is 9. The zero-order valence-corrected chi connectivity index (χ0v) is 24.0. The van der Waals surface area contributed by atoms with Crippen LogP contribution in [0.15, 0.2) is 72.4 Å². The van der Waals surface area contributed by atoms with Crippen LogP contribution < -0.4 is 15.8 Å². The summed E-state index contributed by atoms with van der Waals surface area (Å²) < 4.78 is 13.7. The predicted octanol–water partition coefficient (Wildman–Crippen LogP) is 4.28. The predicted molar refractivity (Wildman–Crippen MR) is 163 cm³/mol. The molecular weight excluding hydrogens is 516 g/mol. The number of rotatable bonds is 11. The van der Waals surface area contributed by atoms with Crippen molar-refractivity contribution >= 4 is 23.3 Å². The fourth-order valence-corrected chi connectivity index (χ4v) is 4.94. The van der Waals surface area contributed by atoms with E-state index < -0.39 is 0 Å². The SMILES string of the molecule is CN=C/C(=C\N)c1ccc(CNc2cc(-c3cnc4cc(OCCN5CCC(C)(OC)CC5)ccn34)ncn2)cc1. The van der Waals surface area contributed by atoms with Gasteiger partial charge in [0.05, 0.1) is 23.2 Å². The second kappa shape index (κ2) is 12.9. The van der Waals surface area contributed by atoms with Gasteiger partial charge in [0.1, 0.15) is 30.1 Å². The standard InChI is InChI=1S/C31H38N8O2/c1-31(40-3)9-12-38(13-10-31)14-15-41-26-8-11-39-28(21-35-30(39)16-26)27-17-29(37-22-36-27)34-19-23-4-6-24(7-5-23)25(18-32)20-33-2/h4-8,11,16-18,20-22H,9-10,12-15,19,32H2,1-3H3,(H,34,36,37)/b25-18+,33-20?. The third-order valence-corrected chi connectivity index (χ3v) is 7.71. The molecule has 0 aliphatic carbocycles. The number of aromatic nitrogens is 4. The van der Waals surface area contributed by atoms with Crippen molar-refractivity contribution in [2.75, 3.05) is 45.7 Å². The van der Waals surface area contributed by atoms with Crippen LogP contribution in [0.5, 0.6) is 5.75 Å². The lowest BCUT2D eigenvalue weighted by Crippen LogP contribution is -2.44. The topological polar surface area (TPSA) is 115 Å². The number of fused-ring (bicyclic) bond motifs is 1. The maximum absolute atomic E-state index is 6.06. The first-order valence-electron chi connectivity index (χ1n) is 13.9. The van der Waals surface area contributed by atoms with Gasteiger partial charge in [-0.1, -0.05) is 24.3 Å². The monoisotopic (exact) mass is 554 g/mol. The molecule has 10 nitrogen and oxygen atoms in total. The molecule has 1 aromatic carbocycles. The van der Waals surface area contributed by atoms with E-state index in [1.54, 1.807) is 32.9 Å². The first kappa shape index (κ1) is 28.3. The highest BCUT2D eigenvalue weighted by Crippen LogP contribution is 2.26. The van der Waals surface area contributed by atoms with E-state index in [1.165, 1.54) is 0 Å². The van der Waals surface area contributed by atoms with Gasteiger partial charge in [-0.25, -0.2) is 15.0 Å². The maximum atomic E-state index is 6.06. The quantitative estimate of drug-likeness (QED) is 0.264. The Kier molecular flexibility index (Phi) is 8.91. The van der Waals surface area contributed by atoms with Gasteiger partial charge in [-0.15, -0.1) is 0 Å². The summed E-state index contributed by atoms with van der Waals surface area (Å²) in [5, 5.41) is 3.39. The maximum Gasteiger partial charge on any atom is 0.140 e. The Morgan fingerprint density at radius 2 is 1.93 bits per heavy atom. The smallest absolute Gasteiger partial charge is 0.140 e. The van der Waals surface area contributed by atoms with E-state index >= 15 is 0 Å². The van der Waals surface area contributed by atoms with Crippen molar-refractivity contribution in [1.82, 2.24) is 24.3 Å². The lowest BCUT2D eigenvalue weighted by atomic mass is 9.93. The number of ether oxygens (including phenoxy) is 2. The highest BCUT2D eigenvalue weighted by Gasteiger charge is 2.29. The summed E-state index contributed by atoms with van der Waals surface area (Å²) in [6.45, 7) is 6.40. The van der Waals surface area contributed by atoms with Crippen LogP contribution in [0.1, 0.15) is 30.9 Å². The molecule has 3 N–H and O–H groups in total. The van der Waals surface area contributed by atoms with Gasteiger partial charge in [0, 0.05) is 76.7 Å². The lowest BCUT2D eigenvalue weighted by molar-refractivity contribution is -0.0439. The van der Waals surface area contributed by atoms with Gasteiger partial charge < -0.3 is 20.5 Å². The number of aliphatic imine (C=N–C) groups is 1. The Bertz CT molecular complexity index is 1500. The first-order chi connectivity index (χ1) is 20.0. The molecule has 0 saturated carbocycles. The number of methoxy groups -OCH3 is 1. The minimum Gasteiger partial charge on any atom is -0.492 e. The third kappa shape index (κ3) is 6.90. The molecule has 1 fully saturated rings. The molecule has 5 rings (SSSR count). The minimum absolute atomic E-state index is 0.00508. The van der Waals surface area contributed by atoms with Gasteiger partial charge in [0.25, 0.3) is 0 Å². The largest absolute Gasteiger partial charge is 0.492 e. The Balaban J connectivity index is 1.18. The van der Waals surface area contributed by atoms with Crippen LogP contribution in [-0.2, 0) is 11.3 Å². The summed E-state index contributed by atoms with van der Waals surface area (Å²) in [4.78, 5) is 20.0. The number of hydrogen-bond donors (Lipinski definition) is 2. The van der Waals surface area contributed by atoms with Gasteiger partial charge in [0.15, 0.2) is 0 Å². The number of imidazole rings is 1. The second-order valence-corrected chi connectivity index (χ2v) is 10.4. The van der Waals surface area contributed by atoms with Crippen molar-refractivity contribution in [3.8, 4) is 17.1 Å². The summed E-state index contributed by atoms with van der Waals surface area (Å²) in [7, 11) is 3.53. The molecule has 0 atom stereocenters. The molecule has 0 unspecified atom stereocenters. The average Bonchev–Trinajstić information content (AvgIpc) is 3.44. The Hall–Kier alpha value is -4.28. The van der Waals surface area contributed by atoms with Crippen LogP contribution in [-0.4, -0.2) is 76.5 Å². The first-order valence-corrected chi connectivity index (χ1v) is 13.9. The Morgan fingerprint density at radius 1 is 1.12 bits per heavy atom. The second-order valence-electron chi connectivity index (χ2n) is 10.4. The van der Waals surface area contributed by atoms with E-state index in [4.69, 9.17) is 15.2 Å². The number of piperidine rings is 1. The van der Waals surface area contributed by atoms with Crippen LogP contribution in [0.25, 0.3) is 22.6 Å². The number of nitrogens with two attached hydrogens (primary N) is 1. The number of allylic oxidation sites excluding steroid dienone is 1. The number of nitrogens with one attached hydrogen (secondary N) is 1. The number of likely N-dealkylation sites (tertiary alicyclic amines) is 1. The van der Waals surface area contributed by atoms with E-state index in [-0.39, 0.29) is 5.60 Å². The average molecular weight is 555 g/mol. The molecule has 0 spiro atoms. The molecule has 1 saturated heterocycles. The zero-order chi connectivity index (χ0) is 28.7. The molecule has 0 radical (unpaired) electrons. The minimum atomic E-state index is 0.00508. The normalized spacial score (nSPS) is 15.9. The molecule has 4 aromatic rings. The molecule has 10 heteroatoms. The van der Waals surface area contributed by atoms with E-state index in [0.717, 1.165) is 77.8 Å². The summed E-state index contributed by atoms with van der Waals surface area (Å²) in [5.41, 5.74) is 11.2. The summed E-state index contributed by atoms with van der Waals surface area (Å²) in [6, 6.07) is 14.0. The number of pyridine rings is 1. The van der Waals surface area contributed by atoms with Crippen LogP contribution in [0.3, 0.4) is 0 Å². The molecule has 41 heavy (non-hydrogen) atoms.